The fourth-order valence-electron chi connectivity index (χ4n) is 4.30. The Hall–Kier alpha value is -4.54. The van der Waals surface area contributed by atoms with Gasteiger partial charge < -0.3 is 39.3 Å². The monoisotopic (exact) mass is 501 g/mol. The van der Waals surface area contributed by atoms with E-state index in [1.54, 1.807) is 30.7 Å². The smallest absolute Gasteiger partial charge is 0.213 e. The minimum atomic E-state index is -1.75. The van der Waals surface area contributed by atoms with E-state index in [4.69, 9.17) is 24.8 Å². The van der Waals surface area contributed by atoms with Crippen LogP contribution in [-0.2, 0) is 28.2 Å². The molecule has 0 aliphatic carbocycles. The number of hydrogen-bond donors (Lipinski definition) is 0. The Morgan fingerprint density at radius 2 is 1.65 bits per heavy atom. The molecule has 5 rings (SSSR count). The van der Waals surface area contributed by atoms with Gasteiger partial charge in [0, 0.05) is 29.9 Å². The van der Waals surface area contributed by atoms with Crippen molar-refractivity contribution < 1.29 is 24.5 Å². The predicted octanol–water partition coefficient (Wildman–Crippen LogP) is 3.19. The molecule has 2 unspecified atom stereocenters. The first-order valence-electron chi connectivity index (χ1n) is 11.4. The van der Waals surface area contributed by atoms with Crippen LogP contribution in [0.1, 0.15) is 21.5 Å². The quantitative estimate of drug-likeness (QED) is 0.278. The third-order valence-electron chi connectivity index (χ3n) is 5.93. The second-order valence-electron chi connectivity index (χ2n) is 8.35. The summed E-state index contributed by atoms with van der Waals surface area (Å²) in [5.74, 6) is -2.19. The van der Waals surface area contributed by atoms with Crippen molar-refractivity contribution >= 4 is 5.97 Å². The maximum absolute atomic E-state index is 11.5. The minimum Gasteiger partial charge on any atom is -0.545 e. The molecule has 3 aromatic carbocycles. The first kappa shape index (κ1) is 25.5. The van der Waals surface area contributed by atoms with E-state index in [0.717, 1.165) is 16.7 Å². The van der Waals surface area contributed by atoms with E-state index in [1.807, 2.05) is 47.2 Å². The van der Waals surface area contributed by atoms with Crippen LogP contribution in [0, 0.1) is 15.3 Å². The average Bonchev–Trinajstić information content (AvgIpc) is 3.55. The van der Waals surface area contributed by atoms with Crippen molar-refractivity contribution in [1.29, 1.82) is 0 Å². The van der Waals surface area contributed by atoms with Gasteiger partial charge in [-0.3, -0.25) is 0 Å². The standard InChI is InChI=1S/C27H24N2O4.NO3/c30-26(31)25-9-5-4-8-22(25)16-24-17-32-27(33-24,18-29-15-14-28-19-29)23-12-10-21(11-13-23)20-6-2-1-3-7-20;2-1(3)4/h1-15,19,24H,16-18H2,(H,30,31);/q;-1/p-1. The molecule has 0 saturated carbocycles. The number of benzene rings is 3. The van der Waals surface area contributed by atoms with Crippen LogP contribution in [0.5, 0.6) is 0 Å². The molecule has 0 radical (unpaired) electrons. The van der Waals surface area contributed by atoms with Crippen LogP contribution < -0.4 is 5.11 Å². The van der Waals surface area contributed by atoms with E-state index >= 15 is 0 Å². The van der Waals surface area contributed by atoms with E-state index in [0.29, 0.717) is 25.1 Å². The number of hydrogen-bond acceptors (Lipinski definition) is 8. The summed E-state index contributed by atoms with van der Waals surface area (Å²) in [5.41, 5.74) is 3.99. The maximum atomic E-state index is 11.5. The molecule has 190 valence electrons. The van der Waals surface area contributed by atoms with Gasteiger partial charge in [0.25, 0.3) is 0 Å². The van der Waals surface area contributed by atoms with Gasteiger partial charge in [-0.2, -0.15) is 0 Å². The number of imidazole rings is 1. The summed E-state index contributed by atoms with van der Waals surface area (Å²) in [5, 5.41) is 26.3. The summed E-state index contributed by atoms with van der Waals surface area (Å²) in [7, 11) is 0. The number of aromatic nitrogens is 2. The van der Waals surface area contributed by atoms with Crippen LogP contribution in [-0.4, -0.2) is 33.3 Å². The summed E-state index contributed by atoms with van der Waals surface area (Å²) in [6.07, 6.45) is 5.42. The van der Waals surface area contributed by atoms with Gasteiger partial charge in [0.2, 0.25) is 5.79 Å². The lowest BCUT2D eigenvalue weighted by Gasteiger charge is -2.29. The Bertz CT molecular complexity index is 1320. The van der Waals surface area contributed by atoms with E-state index in [9.17, 15) is 9.90 Å². The van der Waals surface area contributed by atoms with E-state index in [-0.39, 0.29) is 11.7 Å². The number of aromatic carboxylic acids is 1. The molecular formula is C27H23N3O7-2. The minimum absolute atomic E-state index is 0.181. The molecule has 37 heavy (non-hydrogen) atoms. The lowest BCUT2D eigenvalue weighted by atomic mass is 9.99. The van der Waals surface area contributed by atoms with Gasteiger partial charge >= 0.3 is 0 Å². The third-order valence-corrected chi connectivity index (χ3v) is 5.93. The zero-order valence-corrected chi connectivity index (χ0v) is 19.6. The van der Waals surface area contributed by atoms with E-state index in [1.165, 1.54) is 0 Å². The number of carbonyl (C=O) groups excluding carboxylic acids is 1. The van der Waals surface area contributed by atoms with Crippen LogP contribution >= 0.6 is 0 Å². The Balaban J connectivity index is 0.000000747. The molecule has 2 atom stereocenters. The highest BCUT2D eigenvalue weighted by molar-refractivity contribution is 5.87. The molecule has 1 aliphatic heterocycles. The number of ether oxygens (including phenoxy) is 2. The molecule has 0 bridgehead atoms. The molecular weight excluding hydrogens is 478 g/mol. The van der Waals surface area contributed by atoms with Gasteiger partial charge in [-0.25, -0.2) is 4.98 Å². The molecule has 0 amide bonds. The first-order valence-corrected chi connectivity index (χ1v) is 11.4. The molecule has 1 saturated heterocycles. The van der Waals surface area contributed by atoms with Gasteiger partial charge in [-0.1, -0.05) is 78.9 Å². The molecule has 1 aliphatic rings. The maximum Gasteiger partial charge on any atom is 0.213 e. The van der Waals surface area contributed by atoms with Crippen molar-refractivity contribution in [2.24, 2.45) is 0 Å². The molecule has 10 heteroatoms. The molecule has 1 aromatic heterocycles. The molecule has 2 heterocycles. The van der Waals surface area contributed by atoms with Crippen LogP contribution in [0.25, 0.3) is 11.1 Å². The van der Waals surface area contributed by atoms with Gasteiger partial charge in [-0.05, 0) is 16.7 Å². The van der Waals surface area contributed by atoms with Gasteiger partial charge in [0.05, 0.1) is 36.6 Å². The highest BCUT2D eigenvalue weighted by Gasteiger charge is 2.43. The summed E-state index contributed by atoms with van der Waals surface area (Å²) >= 11 is 0. The molecule has 10 nitrogen and oxygen atoms in total. The number of nitrogens with zero attached hydrogens (tertiary/aromatic N) is 3. The Labute approximate surface area is 212 Å². The van der Waals surface area contributed by atoms with Crippen LogP contribution in [0.4, 0.5) is 0 Å². The Morgan fingerprint density at radius 3 is 2.30 bits per heavy atom. The molecule has 0 N–H and O–H groups in total. The second kappa shape index (κ2) is 11.5. The largest absolute Gasteiger partial charge is 0.545 e. The summed E-state index contributed by atoms with van der Waals surface area (Å²) in [6.45, 7) is 0.771. The molecule has 0 spiro atoms. The Morgan fingerprint density at radius 1 is 1.00 bits per heavy atom. The number of carboxylic acids is 1. The summed E-state index contributed by atoms with van der Waals surface area (Å²) < 4.78 is 14.7. The zero-order valence-electron chi connectivity index (χ0n) is 19.6. The third kappa shape index (κ3) is 6.37. The topological polar surface area (TPSA) is 143 Å². The zero-order chi connectivity index (χ0) is 26.3. The molecule has 1 fully saturated rings. The van der Waals surface area contributed by atoms with E-state index < -0.39 is 16.8 Å². The normalized spacial score (nSPS) is 18.5. The van der Waals surface area contributed by atoms with Crippen molar-refractivity contribution in [3.8, 4) is 11.1 Å². The predicted molar refractivity (Wildman–Crippen MR) is 131 cm³/mol. The van der Waals surface area contributed by atoms with Gasteiger partial charge in [0.15, 0.2) is 0 Å². The second-order valence-corrected chi connectivity index (χ2v) is 8.35. The summed E-state index contributed by atoms with van der Waals surface area (Å²) in [4.78, 5) is 23.9. The van der Waals surface area contributed by atoms with Crippen LogP contribution in [0.15, 0.2) is 97.6 Å². The number of carbonyl (C=O) groups is 1. The van der Waals surface area contributed by atoms with Gasteiger partial charge in [0.1, 0.15) is 0 Å². The average molecular weight is 501 g/mol. The fraction of sp³-hybridized carbons (Fsp3) is 0.185. The van der Waals surface area contributed by atoms with Crippen molar-refractivity contribution in [2.45, 2.75) is 24.9 Å². The van der Waals surface area contributed by atoms with Gasteiger partial charge in [-0.15, -0.1) is 0 Å². The SMILES string of the molecule is O=C([O-])c1ccccc1CC1COC(Cn2ccnc2)(c2ccc(-c3ccccc3)cc2)O1.O=[N+]([O-])[O-]. The van der Waals surface area contributed by atoms with Crippen LogP contribution in [0.3, 0.4) is 0 Å². The Kier molecular flexibility index (Phi) is 7.92. The summed E-state index contributed by atoms with van der Waals surface area (Å²) in [6, 6.07) is 25.2. The highest BCUT2D eigenvalue weighted by atomic mass is 16.9. The number of rotatable bonds is 7. The van der Waals surface area contributed by atoms with Crippen molar-refractivity contribution in [2.75, 3.05) is 6.61 Å². The fourth-order valence-corrected chi connectivity index (χ4v) is 4.30. The lowest BCUT2D eigenvalue weighted by Crippen LogP contribution is -2.33. The molecule has 4 aromatic rings. The highest BCUT2D eigenvalue weighted by Crippen LogP contribution is 2.38. The first-order chi connectivity index (χ1) is 17.9. The lowest BCUT2D eigenvalue weighted by molar-refractivity contribution is -0.402. The van der Waals surface area contributed by atoms with E-state index in [2.05, 4.69) is 29.2 Å². The van der Waals surface area contributed by atoms with Crippen molar-refractivity contribution in [1.82, 2.24) is 9.55 Å². The van der Waals surface area contributed by atoms with Crippen LogP contribution in [0.2, 0.25) is 0 Å². The van der Waals surface area contributed by atoms with Crippen molar-refractivity contribution in [3.63, 3.8) is 0 Å². The number of carboxylic acid groups (broad SMARTS) is 1. The van der Waals surface area contributed by atoms with Crippen molar-refractivity contribution in [3.05, 3.63) is 130 Å².